The molecule has 17 heavy (non-hydrogen) atoms. The van der Waals surface area contributed by atoms with Crippen LogP contribution >= 0.6 is 15.9 Å². The average Bonchev–Trinajstić information content (AvgIpc) is 2.29. The van der Waals surface area contributed by atoms with Gasteiger partial charge in [-0.3, -0.25) is 9.78 Å². The van der Waals surface area contributed by atoms with Gasteiger partial charge in [0, 0.05) is 33.2 Å². The molecule has 0 aliphatic heterocycles. The predicted molar refractivity (Wildman–Crippen MR) is 71.0 cm³/mol. The van der Waals surface area contributed by atoms with Crippen molar-refractivity contribution in [1.29, 1.82) is 0 Å². The molecule has 0 aliphatic rings. The number of anilines is 1. The van der Waals surface area contributed by atoms with Crippen molar-refractivity contribution in [2.45, 2.75) is 6.92 Å². The van der Waals surface area contributed by atoms with E-state index in [9.17, 15) is 4.79 Å². The SMILES string of the molecule is Cc1ccc(C(=O)c2ccc(Br)cc2N)cn1. The third-order valence-electron chi connectivity index (χ3n) is 2.43. The van der Waals surface area contributed by atoms with Crippen LogP contribution in [0.3, 0.4) is 0 Å². The molecule has 0 saturated heterocycles. The van der Waals surface area contributed by atoms with E-state index >= 15 is 0 Å². The highest BCUT2D eigenvalue weighted by atomic mass is 79.9. The Labute approximate surface area is 108 Å². The molecule has 3 nitrogen and oxygen atoms in total. The number of pyridine rings is 1. The molecule has 1 aromatic carbocycles. The number of hydrogen-bond donors (Lipinski definition) is 1. The normalized spacial score (nSPS) is 10.2. The molecule has 2 aromatic rings. The minimum atomic E-state index is -0.109. The number of nitrogen functional groups attached to an aromatic ring is 1. The van der Waals surface area contributed by atoms with Gasteiger partial charge in [0.25, 0.3) is 0 Å². The number of hydrogen-bond acceptors (Lipinski definition) is 3. The van der Waals surface area contributed by atoms with Gasteiger partial charge in [0.1, 0.15) is 0 Å². The molecule has 0 saturated carbocycles. The van der Waals surface area contributed by atoms with Crippen molar-refractivity contribution in [3.63, 3.8) is 0 Å². The van der Waals surface area contributed by atoms with Gasteiger partial charge in [0.05, 0.1) is 0 Å². The summed E-state index contributed by atoms with van der Waals surface area (Å²) in [5, 5.41) is 0. The summed E-state index contributed by atoms with van der Waals surface area (Å²) in [6.07, 6.45) is 1.57. The minimum absolute atomic E-state index is 0.109. The van der Waals surface area contributed by atoms with Crippen LogP contribution in [0.2, 0.25) is 0 Å². The maximum atomic E-state index is 12.2. The average molecular weight is 291 g/mol. The van der Waals surface area contributed by atoms with Gasteiger partial charge in [-0.15, -0.1) is 0 Å². The predicted octanol–water partition coefficient (Wildman–Crippen LogP) is 2.97. The van der Waals surface area contributed by atoms with Gasteiger partial charge in [-0.05, 0) is 37.3 Å². The quantitative estimate of drug-likeness (QED) is 0.683. The zero-order valence-electron chi connectivity index (χ0n) is 9.27. The molecule has 86 valence electrons. The van der Waals surface area contributed by atoms with E-state index in [2.05, 4.69) is 20.9 Å². The molecule has 2 N–H and O–H groups in total. The molecule has 0 aliphatic carbocycles. The lowest BCUT2D eigenvalue weighted by atomic mass is 10.0. The monoisotopic (exact) mass is 290 g/mol. The van der Waals surface area contributed by atoms with E-state index in [4.69, 9.17) is 5.73 Å². The summed E-state index contributed by atoms with van der Waals surface area (Å²) in [5.74, 6) is -0.109. The van der Waals surface area contributed by atoms with Gasteiger partial charge < -0.3 is 5.73 Å². The van der Waals surface area contributed by atoms with Crippen molar-refractivity contribution in [2.75, 3.05) is 5.73 Å². The lowest BCUT2D eigenvalue weighted by Gasteiger charge is -2.05. The molecular weight excluding hydrogens is 280 g/mol. The van der Waals surface area contributed by atoms with Crippen molar-refractivity contribution in [3.05, 3.63) is 57.8 Å². The number of aryl methyl sites for hydroxylation is 1. The number of nitrogens with zero attached hydrogens (tertiary/aromatic N) is 1. The summed E-state index contributed by atoms with van der Waals surface area (Å²) in [6.45, 7) is 1.88. The van der Waals surface area contributed by atoms with Gasteiger partial charge in [0.2, 0.25) is 0 Å². The Morgan fingerprint density at radius 3 is 2.65 bits per heavy atom. The lowest BCUT2D eigenvalue weighted by Crippen LogP contribution is -2.05. The van der Waals surface area contributed by atoms with Gasteiger partial charge in [-0.25, -0.2) is 0 Å². The summed E-state index contributed by atoms with van der Waals surface area (Å²) in [7, 11) is 0. The molecule has 1 aromatic heterocycles. The number of rotatable bonds is 2. The van der Waals surface area contributed by atoms with Crippen molar-refractivity contribution < 1.29 is 4.79 Å². The fourth-order valence-electron chi connectivity index (χ4n) is 1.50. The molecule has 1 heterocycles. The first kappa shape index (κ1) is 11.8. The second-order valence-corrected chi connectivity index (χ2v) is 4.66. The smallest absolute Gasteiger partial charge is 0.196 e. The zero-order valence-corrected chi connectivity index (χ0v) is 10.9. The van der Waals surface area contributed by atoms with Crippen LogP contribution in [0.15, 0.2) is 41.0 Å². The van der Waals surface area contributed by atoms with E-state index in [0.29, 0.717) is 16.8 Å². The number of benzene rings is 1. The van der Waals surface area contributed by atoms with Gasteiger partial charge in [-0.2, -0.15) is 0 Å². The van der Waals surface area contributed by atoms with E-state index in [-0.39, 0.29) is 5.78 Å². The first-order chi connectivity index (χ1) is 8.08. The topological polar surface area (TPSA) is 56.0 Å². The van der Waals surface area contributed by atoms with Crippen LogP contribution in [0.1, 0.15) is 21.6 Å². The summed E-state index contributed by atoms with van der Waals surface area (Å²) < 4.78 is 0.855. The van der Waals surface area contributed by atoms with Crippen LogP contribution < -0.4 is 5.73 Å². The van der Waals surface area contributed by atoms with E-state index in [1.807, 2.05) is 13.0 Å². The highest BCUT2D eigenvalue weighted by Crippen LogP contribution is 2.21. The molecule has 4 heteroatoms. The highest BCUT2D eigenvalue weighted by Gasteiger charge is 2.12. The largest absolute Gasteiger partial charge is 0.398 e. The van der Waals surface area contributed by atoms with Crippen LogP contribution in [0.25, 0.3) is 0 Å². The van der Waals surface area contributed by atoms with E-state index < -0.39 is 0 Å². The molecule has 0 fully saturated rings. The summed E-state index contributed by atoms with van der Waals surface area (Å²) in [6, 6.07) is 8.79. The number of carbonyl (C=O) groups excluding carboxylic acids is 1. The van der Waals surface area contributed by atoms with Crippen LogP contribution in [-0.2, 0) is 0 Å². The molecule has 0 radical (unpaired) electrons. The fraction of sp³-hybridized carbons (Fsp3) is 0.0769. The maximum absolute atomic E-state index is 12.2. The number of halogens is 1. The second kappa shape index (κ2) is 4.67. The Balaban J connectivity index is 2.40. The van der Waals surface area contributed by atoms with Crippen molar-refractivity contribution in [2.24, 2.45) is 0 Å². The van der Waals surface area contributed by atoms with Crippen LogP contribution in [-0.4, -0.2) is 10.8 Å². The Bertz CT molecular complexity index is 564. The van der Waals surface area contributed by atoms with Crippen molar-refractivity contribution in [3.8, 4) is 0 Å². The summed E-state index contributed by atoms with van der Waals surface area (Å²) in [4.78, 5) is 16.3. The van der Waals surface area contributed by atoms with Crippen molar-refractivity contribution >= 4 is 27.4 Å². The summed E-state index contributed by atoms with van der Waals surface area (Å²) in [5.41, 5.74) is 8.21. The fourth-order valence-corrected chi connectivity index (χ4v) is 1.88. The van der Waals surface area contributed by atoms with Crippen LogP contribution in [0.4, 0.5) is 5.69 Å². The molecule has 2 rings (SSSR count). The number of nitrogens with two attached hydrogens (primary N) is 1. The third kappa shape index (κ3) is 2.53. The number of aromatic nitrogens is 1. The third-order valence-corrected chi connectivity index (χ3v) is 2.93. The Morgan fingerprint density at radius 1 is 1.29 bits per heavy atom. The lowest BCUT2D eigenvalue weighted by molar-refractivity contribution is 0.103. The Hall–Kier alpha value is -1.68. The van der Waals surface area contributed by atoms with Gasteiger partial charge >= 0.3 is 0 Å². The minimum Gasteiger partial charge on any atom is -0.398 e. The highest BCUT2D eigenvalue weighted by molar-refractivity contribution is 9.10. The molecule has 0 spiro atoms. The van der Waals surface area contributed by atoms with Crippen LogP contribution in [0, 0.1) is 6.92 Å². The molecule has 0 amide bonds. The molecule has 0 atom stereocenters. The van der Waals surface area contributed by atoms with E-state index in [1.165, 1.54) is 0 Å². The zero-order chi connectivity index (χ0) is 12.4. The number of ketones is 1. The second-order valence-electron chi connectivity index (χ2n) is 3.75. The van der Waals surface area contributed by atoms with Crippen molar-refractivity contribution in [1.82, 2.24) is 4.98 Å². The first-order valence-electron chi connectivity index (χ1n) is 5.10. The Morgan fingerprint density at radius 2 is 2.06 bits per heavy atom. The first-order valence-corrected chi connectivity index (χ1v) is 5.89. The van der Waals surface area contributed by atoms with E-state index in [0.717, 1.165) is 10.2 Å². The molecule has 0 bridgehead atoms. The van der Waals surface area contributed by atoms with E-state index in [1.54, 1.807) is 30.5 Å². The van der Waals surface area contributed by atoms with Gasteiger partial charge in [-0.1, -0.05) is 15.9 Å². The standard InChI is InChI=1S/C13H11BrN2O/c1-8-2-3-9(7-16-8)13(17)11-5-4-10(14)6-12(11)15/h2-7H,15H2,1H3. The maximum Gasteiger partial charge on any atom is 0.196 e. The summed E-state index contributed by atoms with van der Waals surface area (Å²) >= 11 is 3.31. The molecular formula is C13H11BrN2O. The molecule has 0 unspecified atom stereocenters. The van der Waals surface area contributed by atoms with Crippen LogP contribution in [0.5, 0.6) is 0 Å². The number of carbonyl (C=O) groups is 1. The Kier molecular flexibility index (Phi) is 3.24. The van der Waals surface area contributed by atoms with Gasteiger partial charge in [0.15, 0.2) is 5.78 Å².